The van der Waals surface area contributed by atoms with E-state index in [1.807, 2.05) is 12.1 Å². The van der Waals surface area contributed by atoms with Crippen molar-refractivity contribution in [2.45, 2.75) is 13.1 Å². The Bertz CT molecular complexity index is 309. The molecule has 1 aliphatic rings. The van der Waals surface area contributed by atoms with Gasteiger partial charge in [0.15, 0.2) is 0 Å². The fourth-order valence-electron chi connectivity index (χ4n) is 1.55. The average molecular weight is 163 g/mol. The Morgan fingerprint density at radius 1 is 1.50 bits per heavy atom. The number of aryl methyl sites for hydroxylation is 1. The minimum atomic E-state index is -0.0504. The van der Waals surface area contributed by atoms with Crippen molar-refractivity contribution in [3.8, 4) is 0 Å². The van der Waals surface area contributed by atoms with Crippen LogP contribution < -0.4 is 16.2 Å². The molecule has 1 aromatic carbocycles. The smallest absolute Gasteiger partial charge is 0.101 e. The van der Waals surface area contributed by atoms with Gasteiger partial charge in [-0.15, -0.1) is 0 Å². The van der Waals surface area contributed by atoms with E-state index in [4.69, 9.17) is 5.73 Å². The van der Waals surface area contributed by atoms with Crippen molar-refractivity contribution < 1.29 is 0 Å². The highest BCUT2D eigenvalue weighted by Gasteiger charge is 2.21. The maximum atomic E-state index is 5.83. The number of benzene rings is 1. The summed E-state index contributed by atoms with van der Waals surface area (Å²) in [5, 5.41) is 1.97. The summed E-state index contributed by atoms with van der Waals surface area (Å²) in [6.07, 6.45) is -0.0504. The molecule has 64 valence electrons. The van der Waals surface area contributed by atoms with Crippen molar-refractivity contribution in [1.82, 2.24) is 5.43 Å². The van der Waals surface area contributed by atoms with E-state index < -0.39 is 0 Å². The van der Waals surface area contributed by atoms with E-state index in [9.17, 15) is 0 Å². The Labute approximate surface area is 72.1 Å². The molecule has 3 heteroatoms. The van der Waals surface area contributed by atoms with Gasteiger partial charge in [-0.25, -0.2) is 5.43 Å². The van der Waals surface area contributed by atoms with Gasteiger partial charge >= 0.3 is 0 Å². The molecule has 1 atom stereocenters. The number of fused-ring (bicyclic) bond motifs is 1. The number of hydrazine groups is 1. The Morgan fingerprint density at radius 2 is 2.25 bits per heavy atom. The molecular weight excluding hydrogens is 150 g/mol. The van der Waals surface area contributed by atoms with Crippen molar-refractivity contribution in [1.29, 1.82) is 0 Å². The lowest BCUT2D eigenvalue weighted by Gasteiger charge is -2.12. The third-order valence-electron chi connectivity index (χ3n) is 2.22. The first-order valence-electron chi connectivity index (χ1n) is 4.04. The van der Waals surface area contributed by atoms with E-state index >= 15 is 0 Å². The van der Waals surface area contributed by atoms with Crippen LogP contribution in [-0.2, 0) is 0 Å². The second kappa shape index (κ2) is 2.47. The molecule has 3 N–H and O–H groups in total. The van der Waals surface area contributed by atoms with E-state index in [0.717, 1.165) is 0 Å². The van der Waals surface area contributed by atoms with Crippen molar-refractivity contribution in [2.24, 2.45) is 5.73 Å². The highest BCUT2D eigenvalue weighted by atomic mass is 15.5. The predicted molar refractivity (Wildman–Crippen MR) is 49.6 cm³/mol. The standard InChI is InChI=1S/C9H13N3/c1-6-3-4-7-8(5-6)12(2)11-9(7)10/h3-5,9,11H,10H2,1-2H3. The number of anilines is 1. The van der Waals surface area contributed by atoms with Crippen molar-refractivity contribution in [2.75, 3.05) is 12.1 Å². The van der Waals surface area contributed by atoms with E-state index in [1.54, 1.807) is 0 Å². The zero-order valence-electron chi connectivity index (χ0n) is 7.33. The van der Waals surface area contributed by atoms with E-state index in [2.05, 4.69) is 30.5 Å². The SMILES string of the molecule is Cc1ccc2c(c1)N(C)NC2N. The summed E-state index contributed by atoms with van der Waals surface area (Å²) in [5.41, 5.74) is 12.6. The molecule has 0 aromatic heterocycles. The van der Waals surface area contributed by atoms with Crippen LogP contribution in [0.3, 0.4) is 0 Å². The molecule has 0 spiro atoms. The molecular formula is C9H13N3. The zero-order chi connectivity index (χ0) is 8.72. The fourth-order valence-corrected chi connectivity index (χ4v) is 1.55. The Balaban J connectivity index is 2.53. The summed E-state index contributed by atoms with van der Waals surface area (Å²) in [6.45, 7) is 2.08. The highest BCUT2D eigenvalue weighted by Crippen LogP contribution is 2.29. The van der Waals surface area contributed by atoms with Crippen molar-refractivity contribution >= 4 is 5.69 Å². The number of rotatable bonds is 0. The molecule has 0 aliphatic carbocycles. The zero-order valence-corrected chi connectivity index (χ0v) is 7.33. The Morgan fingerprint density at radius 3 is 3.00 bits per heavy atom. The van der Waals surface area contributed by atoms with Crippen LogP contribution in [0.15, 0.2) is 18.2 Å². The maximum absolute atomic E-state index is 5.83. The third-order valence-corrected chi connectivity index (χ3v) is 2.22. The monoisotopic (exact) mass is 163 g/mol. The van der Waals surface area contributed by atoms with Gasteiger partial charge in [0.1, 0.15) is 6.17 Å². The van der Waals surface area contributed by atoms with Crippen molar-refractivity contribution in [3.05, 3.63) is 29.3 Å². The normalized spacial score (nSPS) is 21.2. The first-order chi connectivity index (χ1) is 5.68. The quantitative estimate of drug-likeness (QED) is 0.597. The van der Waals surface area contributed by atoms with E-state index in [0.29, 0.717) is 0 Å². The molecule has 0 saturated heterocycles. The second-order valence-corrected chi connectivity index (χ2v) is 3.23. The molecule has 3 nitrogen and oxygen atoms in total. The largest absolute Gasteiger partial charge is 0.311 e. The molecule has 2 rings (SSSR count). The number of nitrogens with one attached hydrogen (secondary N) is 1. The Hall–Kier alpha value is -1.06. The lowest BCUT2D eigenvalue weighted by atomic mass is 10.1. The van der Waals surface area contributed by atoms with Gasteiger partial charge in [-0.2, -0.15) is 0 Å². The van der Waals surface area contributed by atoms with Crippen LogP contribution in [0, 0.1) is 6.92 Å². The topological polar surface area (TPSA) is 41.3 Å². The van der Waals surface area contributed by atoms with E-state index in [1.165, 1.54) is 16.8 Å². The average Bonchev–Trinajstić information content (AvgIpc) is 2.28. The first-order valence-corrected chi connectivity index (χ1v) is 4.04. The molecule has 1 unspecified atom stereocenters. The van der Waals surface area contributed by atoms with Crippen LogP contribution in [-0.4, -0.2) is 7.05 Å². The maximum Gasteiger partial charge on any atom is 0.101 e. The fraction of sp³-hybridized carbons (Fsp3) is 0.333. The van der Waals surface area contributed by atoms with Gasteiger partial charge in [0.25, 0.3) is 0 Å². The van der Waals surface area contributed by atoms with Gasteiger partial charge in [0.05, 0.1) is 5.69 Å². The summed E-state index contributed by atoms with van der Waals surface area (Å²) in [5.74, 6) is 0. The van der Waals surface area contributed by atoms with E-state index in [-0.39, 0.29) is 6.17 Å². The van der Waals surface area contributed by atoms with Crippen molar-refractivity contribution in [3.63, 3.8) is 0 Å². The molecule has 0 fully saturated rings. The van der Waals surface area contributed by atoms with Gasteiger partial charge in [0, 0.05) is 12.6 Å². The third kappa shape index (κ3) is 0.983. The summed E-state index contributed by atoms with van der Waals surface area (Å²) in [7, 11) is 1.98. The second-order valence-electron chi connectivity index (χ2n) is 3.23. The van der Waals surface area contributed by atoms with Crippen LogP contribution in [0.1, 0.15) is 17.3 Å². The van der Waals surface area contributed by atoms with Crippen LogP contribution in [0.25, 0.3) is 0 Å². The number of hydrogen-bond donors (Lipinski definition) is 2. The Kier molecular flexibility index (Phi) is 1.56. The van der Waals surface area contributed by atoms with Crippen LogP contribution in [0.5, 0.6) is 0 Å². The van der Waals surface area contributed by atoms with Crippen LogP contribution >= 0.6 is 0 Å². The lowest BCUT2D eigenvalue weighted by molar-refractivity contribution is 0.592. The summed E-state index contributed by atoms with van der Waals surface area (Å²) >= 11 is 0. The van der Waals surface area contributed by atoms with Gasteiger partial charge in [0.2, 0.25) is 0 Å². The minimum absolute atomic E-state index is 0.0504. The lowest BCUT2D eigenvalue weighted by Crippen LogP contribution is -2.34. The molecule has 1 aliphatic heterocycles. The molecule has 0 bridgehead atoms. The minimum Gasteiger partial charge on any atom is -0.311 e. The van der Waals surface area contributed by atoms with Gasteiger partial charge in [-0.1, -0.05) is 12.1 Å². The van der Waals surface area contributed by atoms with Crippen LogP contribution in [0.2, 0.25) is 0 Å². The summed E-state index contributed by atoms with van der Waals surface area (Å²) < 4.78 is 0. The van der Waals surface area contributed by atoms with Gasteiger partial charge in [-0.05, 0) is 18.6 Å². The molecule has 1 heterocycles. The van der Waals surface area contributed by atoms with Gasteiger partial charge in [-0.3, -0.25) is 0 Å². The highest BCUT2D eigenvalue weighted by molar-refractivity contribution is 5.58. The molecule has 1 aromatic rings. The number of nitrogens with two attached hydrogens (primary N) is 1. The molecule has 0 amide bonds. The van der Waals surface area contributed by atoms with Gasteiger partial charge < -0.3 is 10.7 Å². The number of nitrogens with zero attached hydrogens (tertiary/aromatic N) is 1. The molecule has 12 heavy (non-hydrogen) atoms. The number of hydrogen-bond acceptors (Lipinski definition) is 3. The summed E-state index contributed by atoms with van der Waals surface area (Å²) in [6, 6.07) is 6.29. The predicted octanol–water partition coefficient (Wildman–Crippen LogP) is 0.907. The molecule has 0 radical (unpaired) electrons. The summed E-state index contributed by atoms with van der Waals surface area (Å²) in [4.78, 5) is 0. The first kappa shape index (κ1) is 7.58. The van der Waals surface area contributed by atoms with Crippen LogP contribution in [0.4, 0.5) is 5.69 Å². The molecule has 0 saturated carbocycles.